The van der Waals surface area contributed by atoms with Gasteiger partial charge in [-0.15, -0.1) is 0 Å². The van der Waals surface area contributed by atoms with Crippen molar-refractivity contribution >= 4 is 22.8 Å². The average molecular weight is 538 g/mol. The number of fused-ring (bicyclic) bond motifs is 2. The molecule has 3 aromatic heterocycles. The first kappa shape index (κ1) is 24.5. The summed E-state index contributed by atoms with van der Waals surface area (Å²) in [5.74, 6) is 1.04. The maximum atomic E-state index is 12.9. The maximum Gasteiger partial charge on any atom is 0.416 e. The molecular weight excluding hydrogens is 515 g/mol. The zero-order valence-corrected chi connectivity index (χ0v) is 21.0. The van der Waals surface area contributed by atoms with E-state index in [-0.39, 0.29) is 11.4 Å². The molecule has 0 saturated heterocycles. The summed E-state index contributed by atoms with van der Waals surface area (Å²) >= 11 is 1.42. The fourth-order valence-electron chi connectivity index (χ4n) is 4.53. The molecule has 4 heterocycles. The average Bonchev–Trinajstić information content (AvgIpc) is 3.49. The van der Waals surface area contributed by atoms with Crippen LogP contribution < -0.4 is 5.56 Å². The standard InChI is InChI=1S/C27H22F3N5O2S/c1-15-2-8-21-22(12-15)33-26(32-21)38-23-9-7-18(37-23)13-35-11-10-20-19(14-35)25(36)34-24(31-20)16-3-5-17(6-4-16)27(28,29)30/h2-9,12H,10-11,13-14H2,1H3,(H,32,33)(H,31,34,36). The Labute approximate surface area is 219 Å². The van der Waals surface area contributed by atoms with Gasteiger partial charge < -0.3 is 14.4 Å². The van der Waals surface area contributed by atoms with Crippen molar-refractivity contribution in [3.8, 4) is 11.4 Å². The van der Waals surface area contributed by atoms with Gasteiger partial charge in [-0.1, -0.05) is 18.2 Å². The van der Waals surface area contributed by atoms with Crippen molar-refractivity contribution in [2.75, 3.05) is 6.54 Å². The zero-order chi connectivity index (χ0) is 26.4. The summed E-state index contributed by atoms with van der Waals surface area (Å²) in [4.78, 5) is 30.1. The van der Waals surface area contributed by atoms with E-state index in [4.69, 9.17) is 4.42 Å². The molecule has 194 valence electrons. The third kappa shape index (κ3) is 4.99. The van der Waals surface area contributed by atoms with E-state index in [0.29, 0.717) is 48.0 Å². The Balaban J connectivity index is 1.13. The molecule has 5 aromatic rings. The van der Waals surface area contributed by atoms with Crippen LogP contribution in [0, 0.1) is 6.92 Å². The summed E-state index contributed by atoms with van der Waals surface area (Å²) in [5.41, 5.74) is 3.66. The van der Waals surface area contributed by atoms with Crippen molar-refractivity contribution in [2.45, 2.75) is 42.9 Å². The minimum atomic E-state index is -4.42. The predicted molar refractivity (Wildman–Crippen MR) is 137 cm³/mol. The van der Waals surface area contributed by atoms with Gasteiger partial charge in [-0.2, -0.15) is 13.2 Å². The van der Waals surface area contributed by atoms with E-state index in [1.165, 1.54) is 23.9 Å². The molecule has 2 N–H and O–H groups in total. The molecule has 2 aromatic carbocycles. The molecule has 0 atom stereocenters. The second-order valence-electron chi connectivity index (χ2n) is 9.26. The van der Waals surface area contributed by atoms with Gasteiger partial charge in [0.1, 0.15) is 11.6 Å². The predicted octanol–water partition coefficient (Wildman–Crippen LogP) is 5.94. The van der Waals surface area contributed by atoms with Crippen LogP contribution in [-0.2, 0) is 25.7 Å². The number of aromatic amines is 2. The third-order valence-corrected chi connectivity index (χ3v) is 7.27. The zero-order valence-electron chi connectivity index (χ0n) is 20.2. The van der Waals surface area contributed by atoms with E-state index in [2.05, 4.69) is 30.9 Å². The monoisotopic (exact) mass is 537 g/mol. The maximum absolute atomic E-state index is 12.9. The van der Waals surface area contributed by atoms with Crippen molar-refractivity contribution in [2.24, 2.45) is 0 Å². The second kappa shape index (κ2) is 9.48. The lowest BCUT2D eigenvalue weighted by Crippen LogP contribution is -2.35. The molecule has 11 heteroatoms. The first-order valence-corrected chi connectivity index (χ1v) is 12.8. The minimum absolute atomic E-state index is 0.268. The molecule has 1 aliphatic heterocycles. The van der Waals surface area contributed by atoms with Crippen molar-refractivity contribution in [3.63, 3.8) is 0 Å². The van der Waals surface area contributed by atoms with Gasteiger partial charge in [0.15, 0.2) is 10.2 Å². The van der Waals surface area contributed by atoms with Crippen LogP contribution in [0.5, 0.6) is 0 Å². The Hall–Kier alpha value is -3.83. The lowest BCUT2D eigenvalue weighted by atomic mass is 10.1. The number of halogens is 3. The van der Waals surface area contributed by atoms with Crippen LogP contribution in [0.25, 0.3) is 22.4 Å². The molecule has 0 unspecified atom stereocenters. The summed E-state index contributed by atoms with van der Waals surface area (Å²) in [5, 5.41) is 1.47. The van der Waals surface area contributed by atoms with Crippen molar-refractivity contribution < 1.29 is 17.6 Å². The smallest absolute Gasteiger partial charge is 0.416 e. The lowest BCUT2D eigenvalue weighted by Gasteiger charge is -2.26. The number of rotatable bonds is 5. The number of aryl methyl sites for hydroxylation is 1. The number of furan rings is 1. The SMILES string of the molecule is Cc1ccc2nc(Sc3ccc(CN4CCc5nc(-c6ccc(C(F)(F)F)cc6)[nH]c(=O)c5C4)o3)[nH]c2c1. The molecule has 0 saturated carbocycles. The molecule has 0 spiro atoms. The highest BCUT2D eigenvalue weighted by Gasteiger charge is 2.30. The van der Waals surface area contributed by atoms with Crippen LogP contribution in [0.15, 0.2) is 74.1 Å². The summed E-state index contributed by atoms with van der Waals surface area (Å²) < 4.78 is 44.6. The van der Waals surface area contributed by atoms with Crippen LogP contribution in [0.3, 0.4) is 0 Å². The second-order valence-corrected chi connectivity index (χ2v) is 10.3. The lowest BCUT2D eigenvalue weighted by molar-refractivity contribution is -0.137. The first-order chi connectivity index (χ1) is 18.2. The Morgan fingerprint density at radius 3 is 2.66 bits per heavy atom. The quantitative estimate of drug-likeness (QED) is 0.288. The Morgan fingerprint density at radius 1 is 1.05 bits per heavy atom. The normalized spacial score (nSPS) is 14.2. The van der Waals surface area contributed by atoms with Gasteiger partial charge in [0.25, 0.3) is 5.56 Å². The summed E-state index contributed by atoms with van der Waals surface area (Å²) in [6.45, 7) is 3.63. The van der Waals surface area contributed by atoms with Gasteiger partial charge in [-0.05, 0) is 60.6 Å². The van der Waals surface area contributed by atoms with Crippen molar-refractivity contribution in [1.29, 1.82) is 0 Å². The van der Waals surface area contributed by atoms with Gasteiger partial charge in [0.2, 0.25) is 0 Å². The molecule has 0 fully saturated rings. The topological polar surface area (TPSA) is 90.8 Å². The summed E-state index contributed by atoms with van der Waals surface area (Å²) in [6, 6.07) is 14.5. The van der Waals surface area contributed by atoms with Crippen LogP contribution in [-0.4, -0.2) is 31.4 Å². The molecule has 1 aliphatic rings. The molecule has 7 nitrogen and oxygen atoms in total. The van der Waals surface area contributed by atoms with Crippen LogP contribution >= 0.6 is 11.8 Å². The highest BCUT2D eigenvalue weighted by atomic mass is 32.2. The number of imidazole rings is 1. The molecule has 38 heavy (non-hydrogen) atoms. The first-order valence-electron chi connectivity index (χ1n) is 12.0. The molecule has 0 amide bonds. The highest BCUT2D eigenvalue weighted by molar-refractivity contribution is 7.99. The van der Waals surface area contributed by atoms with Crippen molar-refractivity contribution in [3.05, 3.63) is 93.1 Å². The van der Waals surface area contributed by atoms with Crippen molar-refractivity contribution in [1.82, 2.24) is 24.8 Å². The highest BCUT2D eigenvalue weighted by Crippen LogP contribution is 2.31. The van der Waals surface area contributed by atoms with Crippen LogP contribution in [0.4, 0.5) is 13.2 Å². The molecule has 6 rings (SSSR count). The number of hydrogen-bond donors (Lipinski definition) is 2. The fourth-order valence-corrected chi connectivity index (χ4v) is 5.31. The van der Waals surface area contributed by atoms with Gasteiger partial charge in [-0.25, -0.2) is 9.97 Å². The van der Waals surface area contributed by atoms with Crippen LogP contribution in [0.1, 0.15) is 28.1 Å². The summed E-state index contributed by atoms with van der Waals surface area (Å²) in [7, 11) is 0. The van der Waals surface area contributed by atoms with E-state index < -0.39 is 11.7 Å². The number of benzene rings is 2. The van der Waals surface area contributed by atoms with E-state index in [0.717, 1.165) is 39.6 Å². The van der Waals surface area contributed by atoms with E-state index in [9.17, 15) is 18.0 Å². The largest absolute Gasteiger partial charge is 0.453 e. The number of hydrogen-bond acceptors (Lipinski definition) is 6. The number of H-pyrrole nitrogens is 2. The van der Waals surface area contributed by atoms with Gasteiger partial charge in [0, 0.05) is 25.1 Å². The van der Waals surface area contributed by atoms with Gasteiger partial charge in [0.05, 0.1) is 34.4 Å². The Bertz CT molecular complexity index is 1690. The third-order valence-electron chi connectivity index (χ3n) is 6.46. The van der Waals surface area contributed by atoms with E-state index in [1.807, 2.05) is 31.2 Å². The molecule has 0 aliphatic carbocycles. The van der Waals surface area contributed by atoms with Crippen LogP contribution in [0.2, 0.25) is 0 Å². The molecule has 0 bridgehead atoms. The Kier molecular flexibility index (Phi) is 6.11. The van der Waals surface area contributed by atoms with E-state index >= 15 is 0 Å². The number of aromatic nitrogens is 4. The molecule has 0 radical (unpaired) electrons. The minimum Gasteiger partial charge on any atom is -0.453 e. The fraction of sp³-hybridized carbons (Fsp3) is 0.222. The number of nitrogens with zero attached hydrogens (tertiary/aromatic N) is 3. The Morgan fingerprint density at radius 2 is 1.87 bits per heavy atom. The van der Waals surface area contributed by atoms with Gasteiger partial charge >= 0.3 is 6.18 Å². The number of nitrogens with one attached hydrogen (secondary N) is 2. The number of alkyl halides is 3. The van der Waals surface area contributed by atoms with Gasteiger partial charge in [-0.3, -0.25) is 9.69 Å². The molecular formula is C27H22F3N5O2S. The van der Waals surface area contributed by atoms with E-state index in [1.54, 1.807) is 0 Å². The summed E-state index contributed by atoms with van der Waals surface area (Å²) in [6.07, 6.45) is -3.87.